The minimum Gasteiger partial charge on any atom is -0.355 e. The lowest BCUT2D eigenvalue weighted by Gasteiger charge is -2.21. The highest BCUT2D eigenvalue weighted by molar-refractivity contribution is 5.81. The number of hydrogen-bond acceptors (Lipinski definition) is 6. The van der Waals surface area contributed by atoms with Gasteiger partial charge in [-0.25, -0.2) is 15.8 Å². The summed E-state index contributed by atoms with van der Waals surface area (Å²) in [5.74, 6) is 7.45. The van der Waals surface area contributed by atoms with E-state index in [4.69, 9.17) is 5.84 Å². The lowest BCUT2D eigenvalue weighted by Crippen LogP contribution is -2.36. The molecule has 1 aromatic heterocycles. The number of carbonyl (C=O) groups is 1. The standard InChI is InChI=1S/C13H24N6O/c1-5-7-15-11(20)8-19(4)13-9(3)12(18-14)16-10(6-2)17-13/h5-8,14H2,1-4H3,(H,15,20)(H,16,17,18). The second kappa shape index (κ2) is 7.64. The van der Waals surface area contributed by atoms with Gasteiger partial charge in [0.2, 0.25) is 5.91 Å². The van der Waals surface area contributed by atoms with Crippen molar-refractivity contribution in [1.82, 2.24) is 15.3 Å². The molecule has 0 aliphatic heterocycles. The largest absolute Gasteiger partial charge is 0.355 e. The van der Waals surface area contributed by atoms with Crippen LogP contribution in [0.3, 0.4) is 0 Å². The normalized spacial score (nSPS) is 10.2. The van der Waals surface area contributed by atoms with E-state index in [1.165, 1.54) is 0 Å². The molecule has 7 heteroatoms. The lowest BCUT2D eigenvalue weighted by atomic mass is 10.2. The Morgan fingerprint density at radius 2 is 2.05 bits per heavy atom. The Morgan fingerprint density at radius 1 is 1.35 bits per heavy atom. The highest BCUT2D eigenvalue weighted by Gasteiger charge is 2.15. The lowest BCUT2D eigenvalue weighted by molar-refractivity contribution is -0.119. The molecule has 0 aliphatic carbocycles. The third kappa shape index (κ3) is 4.06. The summed E-state index contributed by atoms with van der Waals surface area (Å²) in [6.07, 6.45) is 1.63. The summed E-state index contributed by atoms with van der Waals surface area (Å²) in [6.45, 7) is 6.81. The van der Waals surface area contributed by atoms with Crippen LogP contribution >= 0.6 is 0 Å². The first-order valence-electron chi connectivity index (χ1n) is 6.85. The van der Waals surface area contributed by atoms with E-state index in [0.29, 0.717) is 24.6 Å². The molecule has 0 atom stereocenters. The average Bonchev–Trinajstić information content (AvgIpc) is 2.45. The summed E-state index contributed by atoms with van der Waals surface area (Å²) in [5, 5.41) is 2.85. The van der Waals surface area contributed by atoms with Gasteiger partial charge in [-0.05, 0) is 13.3 Å². The van der Waals surface area contributed by atoms with Crippen LogP contribution in [0.2, 0.25) is 0 Å². The molecule has 0 saturated heterocycles. The second-order valence-corrected chi connectivity index (χ2v) is 4.64. The molecular formula is C13H24N6O. The molecule has 7 nitrogen and oxygen atoms in total. The van der Waals surface area contributed by atoms with E-state index in [9.17, 15) is 4.79 Å². The fraction of sp³-hybridized carbons (Fsp3) is 0.615. The molecule has 112 valence electrons. The van der Waals surface area contributed by atoms with Gasteiger partial charge in [-0.2, -0.15) is 0 Å². The fourth-order valence-electron chi connectivity index (χ4n) is 1.83. The molecule has 1 amide bonds. The molecule has 1 heterocycles. The molecule has 20 heavy (non-hydrogen) atoms. The Morgan fingerprint density at radius 3 is 2.60 bits per heavy atom. The van der Waals surface area contributed by atoms with Crippen LogP contribution in [-0.2, 0) is 11.2 Å². The first-order valence-corrected chi connectivity index (χ1v) is 6.85. The van der Waals surface area contributed by atoms with Gasteiger partial charge in [-0.15, -0.1) is 0 Å². The number of aromatic nitrogens is 2. The van der Waals surface area contributed by atoms with E-state index < -0.39 is 0 Å². The Labute approximate surface area is 119 Å². The van der Waals surface area contributed by atoms with Crippen LogP contribution in [0.4, 0.5) is 11.6 Å². The molecule has 1 aromatic rings. The molecule has 0 unspecified atom stereocenters. The van der Waals surface area contributed by atoms with Gasteiger partial charge in [0.15, 0.2) is 0 Å². The van der Waals surface area contributed by atoms with Crippen molar-refractivity contribution in [3.63, 3.8) is 0 Å². The number of nitrogen functional groups attached to an aromatic ring is 1. The zero-order valence-electron chi connectivity index (χ0n) is 12.7. The van der Waals surface area contributed by atoms with Crippen molar-refractivity contribution in [1.29, 1.82) is 0 Å². The van der Waals surface area contributed by atoms with Crippen molar-refractivity contribution in [2.24, 2.45) is 5.84 Å². The number of aryl methyl sites for hydroxylation is 1. The van der Waals surface area contributed by atoms with Crippen LogP contribution in [0.25, 0.3) is 0 Å². The third-order valence-corrected chi connectivity index (χ3v) is 2.93. The number of anilines is 2. The maximum atomic E-state index is 11.8. The molecule has 0 saturated carbocycles. The zero-order valence-corrected chi connectivity index (χ0v) is 12.7. The molecule has 1 rings (SSSR count). The number of likely N-dealkylation sites (N-methyl/N-ethyl adjacent to an activating group) is 1. The van der Waals surface area contributed by atoms with Gasteiger partial charge in [0, 0.05) is 25.6 Å². The van der Waals surface area contributed by atoms with Crippen molar-refractivity contribution in [3.8, 4) is 0 Å². The van der Waals surface area contributed by atoms with E-state index in [0.717, 1.165) is 17.8 Å². The van der Waals surface area contributed by atoms with Crippen molar-refractivity contribution >= 4 is 17.5 Å². The maximum absolute atomic E-state index is 11.8. The Balaban J connectivity index is 2.91. The van der Waals surface area contributed by atoms with Gasteiger partial charge < -0.3 is 15.6 Å². The third-order valence-electron chi connectivity index (χ3n) is 2.93. The number of nitrogens with one attached hydrogen (secondary N) is 2. The summed E-state index contributed by atoms with van der Waals surface area (Å²) in [4.78, 5) is 22.4. The van der Waals surface area contributed by atoms with E-state index in [1.54, 1.807) is 0 Å². The van der Waals surface area contributed by atoms with E-state index in [1.807, 2.05) is 32.7 Å². The predicted octanol–water partition coefficient (Wildman–Crippen LogP) is 0.595. The number of nitrogens with two attached hydrogens (primary N) is 1. The first kappa shape index (κ1) is 16.2. The highest BCUT2D eigenvalue weighted by atomic mass is 16.2. The van der Waals surface area contributed by atoms with E-state index in [-0.39, 0.29) is 12.5 Å². The van der Waals surface area contributed by atoms with Gasteiger partial charge >= 0.3 is 0 Å². The van der Waals surface area contributed by atoms with Crippen molar-refractivity contribution in [3.05, 3.63) is 11.4 Å². The second-order valence-electron chi connectivity index (χ2n) is 4.64. The summed E-state index contributed by atoms with van der Waals surface area (Å²) < 4.78 is 0. The van der Waals surface area contributed by atoms with Crippen molar-refractivity contribution in [2.45, 2.75) is 33.6 Å². The minimum atomic E-state index is -0.0207. The van der Waals surface area contributed by atoms with Crippen molar-refractivity contribution < 1.29 is 4.79 Å². The molecule has 4 N–H and O–H groups in total. The van der Waals surface area contributed by atoms with Crippen LogP contribution < -0.4 is 21.5 Å². The molecule has 0 radical (unpaired) electrons. The fourth-order valence-corrected chi connectivity index (χ4v) is 1.83. The average molecular weight is 280 g/mol. The monoisotopic (exact) mass is 280 g/mol. The number of hydrogen-bond donors (Lipinski definition) is 3. The summed E-state index contributed by atoms with van der Waals surface area (Å²) in [6, 6.07) is 0. The maximum Gasteiger partial charge on any atom is 0.239 e. The molecular weight excluding hydrogens is 256 g/mol. The minimum absolute atomic E-state index is 0.0207. The van der Waals surface area contributed by atoms with Gasteiger partial charge in [-0.3, -0.25) is 4.79 Å². The number of nitrogens with zero attached hydrogens (tertiary/aromatic N) is 3. The summed E-state index contributed by atoms with van der Waals surface area (Å²) >= 11 is 0. The van der Waals surface area contributed by atoms with Crippen LogP contribution in [0.1, 0.15) is 31.7 Å². The summed E-state index contributed by atoms with van der Waals surface area (Å²) in [5.41, 5.74) is 3.40. The smallest absolute Gasteiger partial charge is 0.239 e. The van der Waals surface area contributed by atoms with Gasteiger partial charge in [0.05, 0.1) is 6.54 Å². The molecule has 0 aromatic carbocycles. The van der Waals surface area contributed by atoms with Gasteiger partial charge in [-0.1, -0.05) is 13.8 Å². The topological polar surface area (TPSA) is 96.2 Å². The SMILES string of the molecule is CCCNC(=O)CN(C)c1nc(CC)nc(NN)c1C. The molecule has 0 bridgehead atoms. The Kier molecular flexibility index (Phi) is 6.17. The Bertz CT molecular complexity index is 462. The molecule has 0 aliphatic rings. The quantitative estimate of drug-likeness (QED) is 0.500. The highest BCUT2D eigenvalue weighted by Crippen LogP contribution is 2.22. The Hall–Kier alpha value is -1.89. The van der Waals surface area contributed by atoms with Crippen LogP contribution in [0.15, 0.2) is 0 Å². The molecule has 0 fully saturated rings. The number of rotatable bonds is 7. The molecule has 0 spiro atoms. The van der Waals surface area contributed by atoms with Gasteiger partial charge in [0.1, 0.15) is 17.5 Å². The number of carbonyl (C=O) groups excluding carboxylic acids is 1. The van der Waals surface area contributed by atoms with E-state index >= 15 is 0 Å². The zero-order chi connectivity index (χ0) is 15.1. The predicted molar refractivity (Wildman–Crippen MR) is 80.5 cm³/mol. The van der Waals surface area contributed by atoms with Crippen LogP contribution in [0, 0.1) is 6.92 Å². The van der Waals surface area contributed by atoms with Crippen LogP contribution in [-0.4, -0.2) is 36.0 Å². The number of amides is 1. The van der Waals surface area contributed by atoms with Crippen LogP contribution in [0.5, 0.6) is 0 Å². The van der Waals surface area contributed by atoms with Gasteiger partial charge in [0.25, 0.3) is 0 Å². The number of hydrazine groups is 1. The van der Waals surface area contributed by atoms with E-state index in [2.05, 4.69) is 20.7 Å². The first-order chi connectivity index (χ1) is 9.53. The van der Waals surface area contributed by atoms with Crippen molar-refractivity contribution in [2.75, 3.05) is 30.5 Å². The summed E-state index contributed by atoms with van der Waals surface area (Å²) in [7, 11) is 1.83.